The second kappa shape index (κ2) is 8.64. The van der Waals surface area contributed by atoms with Crippen molar-refractivity contribution in [3.8, 4) is 0 Å². The number of carbonyl (C=O) groups is 2. The van der Waals surface area contributed by atoms with Crippen molar-refractivity contribution in [2.75, 3.05) is 18.4 Å². The summed E-state index contributed by atoms with van der Waals surface area (Å²) in [7, 11) is 0. The zero-order valence-electron chi connectivity index (χ0n) is 12.6. The number of carbonyl (C=O) groups excluding carboxylic acids is 2. The Hall–Kier alpha value is -1.93. The summed E-state index contributed by atoms with van der Waals surface area (Å²) in [5.74, 6) is -0.121. The number of benzene rings is 1. The molecule has 0 aliphatic carbocycles. The number of amides is 3. The van der Waals surface area contributed by atoms with Gasteiger partial charge in [-0.05, 0) is 17.7 Å². The van der Waals surface area contributed by atoms with Crippen molar-refractivity contribution in [3.05, 3.63) is 45.4 Å². The van der Waals surface area contributed by atoms with Crippen LogP contribution in [0.25, 0.3) is 0 Å². The van der Waals surface area contributed by atoms with E-state index in [1.54, 1.807) is 6.20 Å². The van der Waals surface area contributed by atoms with Gasteiger partial charge in [0.15, 0.2) is 5.13 Å². The molecule has 3 N–H and O–H groups in total. The van der Waals surface area contributed by atoms with Crippen molar-refractivity contribution in [1.29, 1.82) is 0 Å². The van der Waals surface area contributed by atoms with Gasteiger partial charge in [0.25, 0.3) is 0 Å². The fourth-order valence-corrected chi connectivity index (χ4v) is 3.14. The highest BCUT2D eigenvalue weighted by Crippen LogP contribution is 2.22. The molecule has 6 nitrogen and oxygen atoms in total. The molecule has 0 saturated heterocycles. The molecule has 122 valence electrons. The van der Waals surface area contributed by atoms with E-state index < -0.39 is 0 Å². The molecular weight excluding hydrogens is 380 g/mol. The monoisotopic (exact) mass is 396 g/mol. The molecule has 0 spiro atoms. The minimum Gasteiger partial charge on any atom is -0.355 e. The summed E-state index contributed by atoms with van der Waals surface area (Å²) in [5, 5.41) is 8.48. The van der Waals surface area contributed by atoms with Gasteiger partial charge in [0.1, 0.15) is 0 Å². The van der Waals surface area contributed by atoms with E-state index >= 15 is 0 Å². The molecule has 1 aromatic carbocycles. The molecule has 0 atom stereocenters. The van der Waals surface area contributed by atoms with Gasteiger partial charge in [-0.2, -0.15) is 0 Å². The number of nitrogens with one attached hydrogen (secondary N) is 3. The maximum atomic E-state index is 11.7. The molecule has 2 aromatic rings. The average Bonchev–Trinajstić information content (AvgIpc) is 2.90. The van der Waals surface area contributed by atoms with Crippen molar-refractivity contribution in [2.24, 2.45) is 0 Å². The lowest BCUT2D eigenvalue weighted by Crippen LogP contribution is -2.36. The van der Waals surface area contributed by atoms with Crippen LogP contribution in [0.4, 0.5) is 9.93 Å². The summed E-state index contributed by atoms with van der Waals surface area (Å²) in [6.45, 7) is 2.19. The van der Waals surface area contributed by atoms with Crippen molar-refractivity contribution in [1.82, 2.24) is 15.6 Å². The third kappa shape index (κ3) is 6.37. The summed E-state index contributed by atoms with van der Waals surface area (Å²) in [6, 6.07) is 7.74. The normalized spacial score (nSPS) is 10.2. The van der Waals surface area contributed by atoms with Gasteiger partial charge >= 0.3 is 6.03 Å². The maximum Gasteiger partial charge on any atom is 0.321 e. The minimum atomic E-state index is -0.335. The number of urea groups is 1. The number of aromatic nitrogens is 1. The molecule has 2 rings (SSSR count). The number of thiazole rings is 1. The van der Waals surface area contributed by atoms with E-state index in [-0.39, 0.29) is 11.9 Å². The molecule has 3 amide bonds. The van der Waals surface area contributed by atoms with E-state index in [9.17, 15) is 9.59 Å². The first kappa shape index (κ1) is 17.4. The quantitative estimate of drug-likeness (QED) is 0.656. The van der Waals surface area contributed by atoms with Gasteiger partial charge in [-0.25, -0.2) is 9.78 Å². The average molecular weight is 397 g/mol. The molecule has 0 aliphatic heterocycles. The first-order valence-corrected chi connectivity index (χ1v) is 8.62. The molecule has 8 heteroatoms. The van der Waals surface area contributed by atoms with Crippen LogP contribution in [-0.4, -0.2) is 30.0 Å². The SMILES string of the molecule is CC(=O)NCCNC(=O)Nc1ncc(Cc2cccc(Br)c2)s1. The van der Waals surface area contributed by atoms with Crippen LogP contribution in [-0.2, 0) is 11.2 Å². The number of halogens is 1. The van der Waals surface area contributed by atoms with E-state index in [1.807, 2.05) is 18.2 Å². The summed E-state index contributed by atoms with van der Waals surface area (Å²) >= 11 is 4.89. The predicted octanol–water partition coefficient (Wildman–Crippen LogP) is 2.75. The first-order valence-electron chi connectivity index (χ1n) is 7.01. The fraction of sp³-hybridized carbons (Fsp3) is 0.267. The van der Waals surface area contributed by atoms with Gasteiger partial charge < -0.3 is 10.6 Å². The lowest BCUT2D eigenvalue weighted by Gasteiger charge is -2.05. The molecule has 1 aromatic heterocycles. The molecule has 1 heterocycles. The topological polar surface area (TPSA) is 83.1 Å². The Labute approximate surface area is 146 Å². The lowest BCUT2D eigenvalue weighted by molar-refractivity contribution is -0.118. The van der Waals surface area contributed by atoms with E-state index in [4.69, 9.17) is 0 Å². The lowest BCUT2D eigenvalue weighted by atomic mass is 10.1. The Morgan fingerprint density at radius 3 is 2.78 bits per heavy atom. The summed E-state index contributed by atoms with van der Waals surface area (Å²) in [6.07, 6.45) is 2.53. The van der Waals surface area contributed by atoms with Gasteiger partial charge in [-0.15, -0.1) is 11.3 Å². The van der Waals surface area contributed by atoms with E-state index in [0.717, 1.165) is 15.8 Å². The summed E-state index contributed by atoms with van der Waals surface area (Å²) < 4.78 is 1.04. The van der Waals surface area contributed by atoms with Crippen molar-refractivity contribution in [3.63, 3.8) is 0 Å². The standard InChI is InChI=1S/C15H17BrN4O2S/c1-10(21)17-5-6-18-14(22)20-15-19-9-13(23-15)8-11-3-2-4-12(16)7-11/h2-4,7,9H,5-6,8H2,1H3,(H,17,21)(H2,18,19,20,22). The van der Waals surface area contributed by atoms with Crippen molar-refractivity contribution >= 4 is 44.3 Å². The highest BCUT2D eigenvalue weighted by Gasteiger charge is 2.07. The smallest absolute Gasteiger partial charge is 0.321 e. The fourth-order valence-electron chi connectivity index (χ4n) is 1.85. The molecule has 0 bridgehead atoms. The van der Waals surface area contributed by atoms with Crippen LogP contribution < -0.4 is 16.0 Å². The molecule has 0 fully saturated rings. The Morgan fingerprint density at radius 1 is 1.26 bits per heavy atom. The second-order valence-corrected chi connectivity index (χ2v) is 6.83. The number of rotatable bonds is 6. The van der Waals surface area contributed by atoms with Crippen LogP contribution >= 0.6 is 27.3 Å². The minimum absolute atomic E-state index is 0.121. The maximum absolute atomic E-state index is 11.7. The third-order valence-corrected chi connectivity index (χ3v) is 4.23. The van der Waals surface area contributed by atoms with E-state index in [0.29, 0.717) is 18.2 Å². The number of hydrogen-bond donors (Lipinski definition) is 3. The van der Waals surface area contributed by atoms with E-state index in [2.05, 4.69) is 42.9 Å². The van der Waals surface area contributed by atoms with Crippen molar-refractivity contribution in [2.45, 2.75) is 13.3 Å². The number of nitrogens with zero attached hydrogens (tertiary/aromatic N) is 1. The van der Waals surface area contributed by atoms with Gasteiger partial charge in [-0.1, -0.05) is 28.1 Å². The highest BCUT2D eigenvalue weighted by molar-refractivity contribution is 9.10. The largest absolute Gasteiger partial charge is 0.355 e. The molecule has 23 heavy (non-hydrogen) atoms. The van der Waals surface area contributed by atoms with Crippen LogP contribution in [0.2, 0.25) is 0 Å². The Morgan fingerprint density at radius 2 is 2.04 bits per heavy atom. The highest BCUT2D eigenvalue weighted by atomic mass is 79.9. The second-order valence-electron chi connectivity index (χ2n) is 4.80. The van der Waals surface area contributed by atoms with Crippen LogP contribution in [0.15, 0.2) is 34.9 Å². The predicted molar refractivity (Wildman–Crippen MR) is 94.8 cm³/mol. The molecule has 0 unspecified atom stereocenters. The Kier molecular flexibility index (Phi) is 6.54. The molecule has 0 radical (unpaired) electrons. The van der Waals surface area contributed by atoms with Gasteiger partial charge in [0.2, 0.25) is 5.91 Å². The number of anilines is 1. The Bertz CT molecular complexity index is 690. The molecule has 0 aliphatic rings. The van der Waals surface area contributed by atoms with Gasteiger partial charge in [-0.3, -0.25) is 10.1 Å². The van der Waals surface area contributed by atoms with Crippen LogP contribution in [0.3, 0.4) is 0 Å². The van der Waals surface area contributed by atoms with E-state index in [1.165, 1.54) is 23.8 Å². The number of hydrogen-bond acceptors (Lipinski definition) is 4. The summed E-state index contributed by atoms with van der Waals surface area (Å²) in [4.78, 5) is 27.7. The van der Waals surface area contributed by atoms with Crippen LogP contribution in [0, 0.1) is 0 Å². The van der Waals surface area contributed by atoms with Crippen molar-refractivity contribution < 1.29 is 9.59 Å². The molecule has 0 saturated carbocycles. The van der Waals surface area contributed by atoms with Gasteiger partial charge in [0.05, 0.1) is 0 Å². The first-order chi connectivity index (χ1) is 11.0. The zero-order chi connectivity index (χ0) is 16.7. The Balaban J connectivity index is 1.80. The molecular formula is C15H17BrN4O2S. The van der Waals surface area contributed by atoms with Crippen LogP contribution in [0.1, 0.15) is 17.4 Å². The summed E-state index contributed by atoms with van der Waals surface area (Å²) in [5.41, 5.74) is 1.18. The third-order valence-electron chi connectivity index (χ3n) is 2.83. The van der Waals surface area contributed by atoms with Gasteiger partial charge in [0, 0.05) is 42.0 Å². The van der Waals surface area contributed by atoms with Crippen LogP contribution in [0.5, 0.6) is 0 Å². The zero-order valence-corrected chi connectivity index (χ0v) is 15.0.